The van der Waals surface area contributed by atoms with Crippen LogP contribution in [-0.4, -0.2) is 47.3 Å². The third-order valence-electron chi connectivity index (χ3n) is 10.9. The molecule has 1 aliphatic rings. The van der Waals surface area contributed by atoms with E-state index in [-0.39, 0.29) is 31.3 Å². The van der Waals surface area contributed by atoms with Crippen LogP contribution in [0, 0.1) is 18.3 Å². The van der Waals surface area contributed by atoms with Crippen LogP contribution >= 0.6 is 27.3 Å². The molecule has 12 heteroatoms. The Bertz CT molecular complexity index is 2270. The van der Waals surface area contributed by atoms with Crippen LogP contribution in [0.15, 0.2) is 98.3 Å². The van der Waals surface area contributed by atoms with Crippen molar-refractivity contribution in [3.63, 3.8) is 0 Å². The number of nitrogens with zero attached hydrogens (tertiary/aromatic N) is 3. The van der Waals surface area contributed by atoms with E-state index in [1.54, 1.807) is 18.4 Å². The molecule has 3 heterocycles. The number of rotatable bonds is 13. The Morgan fingerprint density at radius 2 is 1.57 bits per heavy atom. The molecule has 9 nitrogen and oxygen atoms in total. The van der Waals surface area contributed by atoms with Crippen molar-refractivity contribution in [2.75, 3.05) is 13.2 Å². The quantitative estimate of drug-likeness (QED) is 0.134. The first-order chi connectivity index (χ1) is 25.7. The maximum absolute atomic E-state index is 14.9. The Balaban J connectivity index is 1.47. The van der Waals surface area contributed by atoms with Gasteiger partial charge < -0.3 is 14.3 Å². The van der Waals surface area contributed by atoms with Crippen molar-refractivity contribution in [3.8, 4) is 6.07 Å². The van der Waals surface area contributed by atoms with Gasteiger partial charge in [-0.15, -0.1) is 11.3 Å². The molecule has 6 rings (SSSR count). The summed E-state index contributed by atoms with van der Waals surface area (Å²) >= 11 is 4.91. The number of fused-ring (bicyclic) bond motifs is 1. The van der Waals surface area contributed by atoms with Crippen LogP contribution in [-0.2, 0) is 32.8 Å². The molecule has 1 aliphatic heterocycles. The highest BCUT2D eigenvalue weighted by molar-refractivity contribution is 9.11. The van der Waals surface area contributed by atoms with Gasteiger partial charge in [0.15, 0.2) is 5.78 Å². The third kappa shape index (κ3) is 7.38. The number of thiophene rings is 1. The molecule has 0 radical (unpaired) electrons. The Labute approximate surface area is 329 Å². The molecule has 1 N–H and O–H groups in total. The van der Waals surface area contributed by atoms with Gasteiger partial charge in [-0.25, -0.2) is 9.36 Å². The molecule has 0 bridgehead atoms. The molecule has 1 saturated heterocycles. The smallest absolute Gasteiger partial charge is 0.333 e. The molecule has 5 aromatic rings. The predicted octanol–water partition coefficient (Wildman–Crippen LogP) is 6.53. The maximum atomic E-state index is 14.9. The molecular weight excluding hydrogens is 783 g/mol. The van der Waals surface area contributed by atoms with Gasteiger partial charge in [0.25, 0.3) is 13.9 Å². The van der Waals surface area contributed by atoms with Gasteiger partial charge in [-0.3, -0.25) is 14.2 Å². The summed E-state index contributed by atoms with van der Waals surface area (Å²) in [5.74, 6) is -0.350. The second-order valence-corrected chi connectivity index (χ2v) is 21.4. The topological polar surface area (TPSA) is 124 Å². The molecule has 0 amide bonds. The highest BCUT2D eigenvalue weighted by Gasteiger charge is 2.52. The van der Waals surface area contributed by atoms with Gasteiger partial charge in [0.05, 0.1) is 34.3 Å². The summed E-state index contributed by atoms with van der Waals surface area (Å²) in [4.78, 5) is 57.6. The Kier molecular flexibility index (Phi) is 11.8. The number of aryl methyl sites for hydroxylation is 1. The van der Waals surface area contributed by atoms with E-state index >= 15 is 0 Å². The van der Waals surface area contributed by atoms with E-state index in [9.17, 15) is 24.4 Å². The molecule has 0 spiro atoms. The average Bonchev–Trinajstić information content (AvgIpc) is 3.46. The largest absolute Gasteiger partial charge is 0.424 e. The summed E-state index contributed by atoms with van der Waals surface area (Å²) in [6.45, 7) is 10.0. The van der Waals surface area contributed by atoms with E-state index in [0.29, 0.717) is 45.6 Å². The maximum Gasteiger partial charge on any atom is 0.333 e. The number of carbonyl (C=O) groups is 1. The van der Waals surface area contributed by atoms with Gasteiger partial charge >= 0.3 is 5.69 Å². The molecule has 54 heavy (non-hydrogen) atoms. The van der Waals surface area contributed by atoms with Crippen molar-refractivity contribution in [2.24, 2.45) is 0 Å². The van der Waals surface area contributed by atoms with Crippen LogP contribution in [0.3, 0.4) is 0 Å². The fourth-order valence-electron chi connectivity index (χ4n) is 7.67. The highest BCUT2D eigenvalue weighted by atomic mass is 79.9. The Morgan fingerprint density at radius 1 is 1.00 bits per heavy atom. The van der Waals surface area contributed by atoms with Gasteiger partial charge in [0.2, 0.25) is 0 Å². The van der Waals surface area contributed by atoms with Gasteiger partial charge in [0, 0.05) is 19.6 Å². The monoisotopic (exact) mass is 827 g/mol. The van der Waals surface area contributed by atoms with E-state index in [1.807, 2.05) is 106 Å². The molecule has 0 saturated carbocycles. The fourth-order valence-corrected chi connectivity index (χ4v) is 13.0. The van der Waals surface area contributed by atoms with Crippen LogP contribution in [0.1, 0.15) is 69.8 Å². The summed E-state index contributed by atoms with van der Waals surface area (Å²) in [5.41, 5.74) is -0.515. The summed E-state index contributed by atoms with van der Waals surface area (Å²) in [6, 6.07) is 28.8. The normalized spacial score (nSPS) is 14.9. The zero-order chi connectivity index (χ0) is 38.8. The van der Waals surface area contributed by atoms with E-state index < -0.39 is 36.2 Å². The second kappa shape index (κ2) is 16.0. The summed E-state index contributed by atoms with van der Waals surface area (Å²) in [6.07, 6.45) is 0.661. The number of hydrogen-bond acceptors (Lipinski definition) is 8. The molecule has 2 aromatic heterocycles. The summed E-state index contributed by atoms with van der Waals surface area (Å²) in [5, 5.41) is 10.6. The van der Waals surface area contributed by atoms with Crippen molar-refractivity contribution < 1.29 is 19.1 Å². The van der Waals surface area contributed by atoms with E-state index in [1.165, 1.54) is 11.3 Å². The van der Waals surface area contributed by atoms with E-state index in [0.717, 1.165) is 26.1 Å². The highest BCUT2D eigenvalue weighted by Crippen LogP contribution is 2.41. The lowest BCUT2D eigenvalue weighted by molar-refractivity contribution is -0.127. The number of Topliss-reactive ketones (excluding diaryl/α,β-unsaturated/α-hetero) is 1. The number of nitriles is 1. The Hall–Kier alpha value is -3.96. The standard InChI is InChI=1S/C42H46BrN3O6SSi/c1-28-36-38(48)46(42(4,5)35(47)26-41(2,3)54(50,31-15-8-6-9-16-31)32-17-10-7-11-18-32)40(49)45(39(36)53-37(28)43)27-34(52-30-21-24-51-25-22-30)33-19-13-12-14-29(33)20-23-44/h6-19,30,34,50H,20-22,24-27H2,1-5H3. The molecule has 3 aromatic carbocycles. The average molecular weight is 829 g/mol. The minimum Gasteiger partial charge on any atom is -0.424 e. The van der Waals surface area contributed by atoms with Gasteiger partial charge in [0.1, 0.15) is 16.5 Å². The number of benzene rings is 3. The number of hydrogen-bond donors (Lipinski definition) is 1. The Morgan fingerprint density at radius 3 is 2.17 bits per heavy atom. The van der Waals surface area contributed by atoms with Crippen molar-refractivity contribution in [2.45, 2.75) is 89.6 Å². The second-order valence-electron chi connectivity index (χ2n) is 15.2. The lowest BCUT2D eigenvalue weighted by Crippen LogP contribution is -2.66. The van der Waals surface area contributed by atoms with Crippen molar-refractivity contribution in [1.29, 1.82) is 5.26 Å². The number of carbonyl (C=O) groups excluding carboxylic acids is 1. The number of ketones is 1. The predicted molar refractivity (Wildman–Crippen MR) is 219 cm³/mol. The molecule has 1 atom stereocenters. The number of aromatic nitrogens is 2. The third-order valence-corrected chi connectivity index (χ3v) is 17.6. The van der Waals surface area contributed by atoms with Crippen LogP contribution in [0.2, 0.25) is 5.04 Å². The van der Waals surface area contributed by atoms with Crippen molar-refractivity contribution in [1.82, 2.24) is 9.13 Å². The molecule has 0 aliphatic carbocycles. The molecule has 282 valence electrons. The van der Waals surface area contributed by atoms with Gasteiger partial charge in [-0.1, -0.05) is 98.8 Å². The number of ether oxygens (including phenoxy) is 2. The zero-order valence-corrected chi connectivity index (χ0v) is 34.7. The minimum absolute atomic E-state index is 0.0479. The minimum atomic E-state index is -3.60. The van der Waals surface area contributed by atoms with Crippen molar-refractivity contribution >= 4 is 62.0 Å². The zero-order valence-electron chi connectivity index (χ0n) is 31.3. The number of halogens is 1. The molecule has 1 fully saturated rings. The molecule has 1 unspecified atom stereocenters. The first-order valence-electron chi connectivity index (χ1n) is 18.2. The van der Waals surface area contributed by atoms with Gasteiger partial charge in [-0.05, 0) is 81.6 Å². The SMILES string of the molecule is Cc1c(Br)sc2c1c(=O)n(C(C)(C)C(=O)CC(C)(C)[Si](O)(c1ccccc1)c1ccccc1)c(=O)n2CC(OC1CCOCC1)c1ccccc1CC#N. The van der Waals surface area contributed by atoms with Crippen LogP contribution < -0.4 is 21.6 Å². The molecular formula is C42H46BrN3O6SSi. The van der Waals surface area contributed by atoms with E-state index in [2.05, 4.69) is 22.0 Å². The van der Waals surface area contributed by atoms with E-state index in [4.69, 9.17) is 9.47 Å². The van der Waals surface area contributed by atoms with Crippen LogP contribution in [0.4, 0.5) is 0 Å². The van der Waals surface area contributed by atoms with Gasteiger partial charge in [-0.2, -0.15) is 5.26 Å². The first kappa shape index (κ1) is 39.7. The van der Waals surface area contributed by atoms with Crippen molar-refractivity contribution in [3.05, 3.63) is 126 Å². The summed E-state index contributed by atoms with van der Waals surface area (Å²) in [7, 11) is -3.60. The van der Waals surface area contributed by atoms with Crippen LogP contribution in [0.5, 0.6) is 0 Å². The summed E-state index contributed by atoms with van der Waals surface area (Å²) < 4.78 is 15.7. The fraction of sp³-hybridized carbons (Fsp3) is 0.381. The first-order valence-corrected chi connectivity index (χ1v) is 21.8. The lowest BCUT2D eigenvalue weighted by Gasteiger charge is -2.42. The lowest BCUT2D eigenvalue weighted by atomic mass is 9.91. The van der Waals surface area contributed by atoms with Crippen LogP contribution in [0.25, 0.3) is 10.2 Å².